The van der Waals surface area contributed by atoms with Gasteiger partial charge in [0.15, 0.2) is 11.5 Å². The van der Waals surface area contributed by atoms with Gasteiger partial charge in [-0.3, -0.25) is 0 Å². The summed E-state index contributed by atoms with van der Waals surface area (Å²) in [6, 6.07) is 8.96. The third-order valence-electron chi connectivity index (χ3n) is 2.72. The Hall–Kier alpha value is -2.62. The Kier molecular flexibility index (Phi) is 3.61. The number of hydrogen-bond donors (Lipinski definition) is 4. The van der Waals surface area contributed by atoms with Gasteiger partial charge in [0, 0.05) is 6.07 Å². The van der Waals surface area contributed by atoms with Crippen molar-refractivity contribution in [3.63, 3.8) is 0 Å². The second-order valence-corrected chi connectivity index (χ2v) is 4.17. The van der Waals surface area contributed by atoms with E-state index in [4.69, 9.17) is 5.11 Å². The first-order chi connectivity index (χ1) is 9.06. The van der Waals surface area contributed by atoms with Gasteiger partial charge in [-0.1, -0.05) is 24.3 Å². The number of phenolic OH excluding ortho intramolecular Hbond substituents is 4. The summed E-state index contributed by atoms with van der Waals surface area (Å²) >= 11 is 0. The van der Waals surface area contributed by atoms with E-state index in [1.807, 2.05) is 6.08 Å². The number of benzene rings is 2. The van der Waals surface area contributed by atoms with Gasteiger partial charge in [-0.05, 0) is 35.7 Å². The van der Waals surface area contributed by atoms with E-state index >= 15 is 0 Å². The highest BCUT2D eigenvalue weighted by Crippen LogP contribution is 2.26. The van der Waals surface area contributed by atoms with Crippen LogP contribution in [0.3, 0.4) is 0 Å². The van der Waals surface area contributed by atoms with Crippen LogP contribution in [0.1, 0.15) is 11.1 Å². The molecule has 19 heavy (non-hydrogen) atoms. The lowest BCUT2D eigenvalue weighted by atomic mass is 10.1. The molecule has 0 spiro atoms. The standard InChI is InChI=1S/C15H14O4/c16-12-6-5-11(14(18)9-12)3-1-2-10-4-7-13(17)15(19)8-10/h1-2,4-9,16-19H,3H2/b2-1+. The maximum Gasteiger partial charge on any atom is 0.157 e. The summed E-state index contributed by atoms with van der Waals surface area (Å²) in [7, 11) is 0. The zero-order valence-corrected chi connectivity index (χ0v) is 10.1. The smallest absolute Gasteiger partial charge is 0.157 e. The summed E-state index contributed by atoms with van der Waals surface area (Å²) in [6.45, 7) is 0. The molecule has 4 heteroatoms. The molecule has 4 N–H and O–H groups in total. The van der Waals surface area contributed by atoms with Gasteiger partial charge >= 0.3 is 0 Å². The molecule has 2 rings (SSSR count). The molecular weight excluding hydrogens is 244 g/mol. The number of aromatic hydroxyl groups is 4. The van der Waals surface area contributed by atoms with Crippen LogP contribution in [0.5, 0.6) is 23.0 Å². The molecule has 2 aromatic carbocycles. The van der Waals surface area contributed by atoms with E-state index in [0.29, 0.717) is 12.0 Å². The molecule has 0 saturated carbocycles. The number of rotatable bonds is 3. The molecule has 0 aliphatic rings. The predicted octanol–water partition coefficient (Wildman–Crippen LogP) is 2.76. The molecule has 0 aliphatic carbocycles. The molecule has 0 bridgehead atoms. The Morgan fingerprint density at radius 3 is 2.26 bits per heavy atom. The van der Waals surface area contributed by atoms with E-state index in [1.165, 1.54) is 24.3 Å². The minimum absolute atomic E-state index is 0.0219. The first-order valence-electron chi connectivity index (χ1n) is 5.75. The van der Waals surface area contributed by atoms with Crippen LogP contribution in [0, 0.1) is 0 Å². The molecule has 0 fully saturated rings. The molecular formula is C15H14O4. The zero-order chi connectivity index (χ0) is 13.8. The van der Waals surface area contributed by atoms with Crippen molar-refractivity contribution in [2.45, 2.75) is 6.42 Å². The Labute approximate surface area is 110 Å². The Morgan fingerprint density at radius 2 is 1.58 bits per heavy atom. The summed E-state index contributed by atoms with van der Waals surface area (Å²) in [4.78, 5) is 0. The van der Waals surface area contributed by atoms with Crippen LogP contribution in [0.25, 0.3) is 6.08 Å². The third kappa shape index (κ3) is 3.19. The fraction of sp³-hybridized carbons (Fsp3) is 0.0667. The Morgan fingerprint density at radius 1 is 0.789 bits per heavy atom. The van der Waals surface area contributed by atoms with Gasteiger partial charge in [0.05, 0.1) is 0 Å². The molecule has 0 atom stereocenters. The topological polar surface area (TPSA) is 80.9 Å². The molecule has 4 nitrogen and oxygen atoms in total. The SMILES string of the molecule is Oc1ccc(C/C=C/c2ccc(O)c(O)c2)c(O)c1. The largest absolute Gasteiger partial charge is 0.508 e. The molecule has 98 valence electrons. The van der Waals surface area contributed by atoms with Crippen molar-refractivity contribution in [2.24, 2.45) is 0 Å². The first kappa shape index (κ1) is 12.8. The summed E-state index contributed by atoms with van der Waals surface area (Å²) in [5.74, 6) is -0.269. The zero-order valence-electron chi connectivity index (χ0n) is 10.1. The van der Waals surface area contributed by atoms with Crippen LogP contribution in [0.2, 0.25) is 0 Å². The van der Waals surface area contributed by atoms with Gasteiger partial charge < -0.3 is 20.4 Å². The Balaban J connectivity index is 2.09. The van der Waals surface area contributed by atoms with Crippen molar-refractivity contribution in [2.75, 3.05) is 0 Å². The lowest BCUT2D eigenvalue weighted by Crippen LogP contribution is -1.82. The summed E-state index contributed by atoms with van der Waals surface area (Å²) in [5.41, 5.74) is 1.44. The average Bonchev–Trinajstić information content (AvgIpc) is 2.36. The highest BCUT2D eigenvalue weighted by Gasteiger charge is 2.01. The third-order valence-corrected chi connectivity index (χ3v) is 2.72. The minimum atomic E-state index is -0.172. The van der Waals surface area contributed by atoms with E-state index in [9.17, 15) is 15.3 Å². The van der Waals surface area contributed by atoms with Crippen molar-refractivity contribution in [1.29, 1.82) is 0 Å². The summed E-state index contributed by atoms with van der Waals surface area (Å²) in [5, 5.41) is 37.3. The van der Waals surface area contributed by atoms with Gasteiger partial charge in [-0.25, -0.2) is 0 Å². The van der Waals surface area contributed by atoms with Gasteiger partial charge in [0.2, 0.25) is 0 Å². The molecule has 0 saturated heterocycles. The molecule has 0 aliphatic heterocycles. The van der Waals surface area contributed by atoms with E-state index in [1.54, 1.807) is 18.2 Å². The molecule has 0 amide bonds. The fourth-order valence-electron chi connectivity index (χ4n) is 1.69. The highest BCUT2D eigenvalue weighted by molar-refractivity contribution is 5.55. The number of allylic oxidation sites excluding steroid dienone is 1. The number of hydrogen-bond acceptors (Lipinski definition) is 4. The van der Waals surface area contributed by atoms with Crippen molar-refractivity contribution < 1.29 is 20.4 Å². The van der Waals surface area contributed by atoms with Gasteiger partial charge in [0.1, 0.15) is 11.5 Å². The second-order valence-electron chi connectivity index (χ2n) is 4.17. The van der Waals surface area contributed by atoms with Gasteiger partial charge in [0.25, 0.3) is 0 Å². The van der Waals surface area contributed by atoms with Crippen molar-refractivity contribution in [1.82, 2.24) is 0 Å². The van der Waals surface area contributed by atoms with Gasteiger partial charge in [-0.2, -0.15) is 0 Å². The van der Waals surface area contributed by atoms with Crippen LogP contribution < -0.4 is 0 Å². The predicted molar refractivity (Wildman–Crippen MR) is 72.3 cm³/mol. The Bertz CT molecular complexity index is 618. The maximum atomic E-state index is 9.60. The van der Waals surface area contributed by atoms with Crippen LogP contribution >= 0.6 is 0 Å². The first-order valence-corrected chi connectivity index (χ1v) is 5.75. The van der Waals surface area contributed by atoms with E-state index in [-0.39, 0.29) is 23.0 Å². The normalized spacial score (nSPS) is 10.9. The quantitative estimate of drug-likeness (QED) is 0.638. The van der Waals surface area contributed by atoms with Crippen molar-refractivity contribution >= 4 is 6.08 Å². The lowest BCUT2D eigenvalue weighted by Gasteiger charge is -2.02. The second kappa shape index (κ2) is 5.35. The molecule has 0 aromatic heterocycles. The lowest BCUT2D eigenvalue weighted by molar-refractivity contribution is 0.403. The average molecular weight is 258 g/mol. The monoisotopic (exact) mass is 258 g/mol. The van der Waals surface area contributed by atoms with Crippen molar-refractivity contribution in [3.8, 4) is 23.0 Å². The van der Waals surface area contributed by atoms with E-state index < -0.39 is 0 Å². The van der Waals surface area contributed by atoms with Gasteiger partial charge in [-0.15, -0.1) is 0 Å². The number of phenols is 4. The van der Waals surface area contributed by atoms with Crippen LogP contribution in [-0.4, -0.2) is 20.4 Å². The maximum absolute atomic E-state index is 9.60. The molecule has 0 unspecified atom stereocenters. The fourth-order valence-corrected chi connectivity index (χ4v) is 1.69. The van der Waals surface area contributed by atoms with E-state index in [2.05, 4.69) is 0 Å². The van der Waals surface area contributed by atoms with E-state index in [0.717, 1.165) is 5.56 Å². The molecule has 0 radical (unpaired) electrons. The van der Waals surface area contributed by atoms with Crippen LogP contribution in [0.4, 0.5) is 0 Å². The van der Waals surface area contributed by atoms with Crippen LogP contribution in [0.15, 0.2) is 42.5 Å². The summed E-state index contributed by atoms with van der Waals surface area (Å²) < 4.78 is 0. The summed E-state index contributed by atoms with van der Waals surface area (Å²) in [6.07, 6.45) is 4.08. The molecule has 0 heterocycles. The van der Waals surface area contributed by atoms with Crippen molar-refractivity contribution in [3.05, 3.63) is 53.6 Å². The minimum Gasteiger partial charge on any atom is -0.508 e. The molecule has 2 aromatic rings. The van der Waals surface area contributed by atoms with Crippen LogP contribution in [-0.2, 0) is 6.42 Å². The highest BCUT2D eigenvalue weighted by atomic mass is 16.3.